The zero-order valence-corrected chi connectivity index (χ0v) is 10.8. The molecule has 0 aromatic carbocycles. The predicted octanol–water partition coefficient (Wildman–Crippen LogP) is 1.13. The van der Waals surface area contributed by atoms with Crippen LogP contribution in [0.2, 0.25) is 0 Å². The molecule has 0 saturated heterocycles. The normalized spacial score (nSPS) is 23.9. The maximum Gasteiger partial charge on any atom is 0.275 e. The Labute approximate surface area is 105 Å². The average Bonchev–Trinajstić information content (AvgIpc) is 3.01. The van der Waals surface area contributed by atoms with Crippen LogP contribution < -0.4 is 5.73 Å². The molecule has 5 nitrogen and oxygen atoms in total. The second kappa shape index (κ2) is 5.55. The van der Waals surface area contributed by atoms with Crippen LogP contribution in [0.15, 0.2) is 6.20 Å². The van der Waals surface area contributed by atoms with E-state index in [2.05, 4.69) is 8.75 Å². The van der Waals surface area contributed by atoms with E-state index in [-0.39, 0.29) is 11.9 Å². The molecule has 0 radical (unpaired) electrons. The van der Waals surface area contributed by atoms with Crippen LogP contribution >= 0.6 is 11.7 Å². The molecule has 2 atom stereocenters. The first-order valence-electron chi connectivity index (χ1n) is 6.06. The molecule has 94 valence electrons. The quantitative estimate of drug-likeness (QED) is 0.874. The number of aromatic nitrogens is 2. The summed E-state index contributed by atoms with van der Waals surface area (Å²) in [6, 6.07) is 0.277. The van der Waals surface area contributed by atoms with E-state index in [1.54, 1.807) is 6.20 Å². The Morgan fingerprint density at radius 3 is 3.06 bits per heavy atom. The first-order valence-corrected chi connectivity index (χ1v) is 6.79. The van der Waals surface area contributed by atoms with Crippen molar-refractivity contribution in [3.63, 3.8) is 0 Å². The monoisotopic (exact) mass is 254 g/mol. The Morgan fingerprint density at radius 2 is 2.47 bits per heavy atom. The highest BCUT2D eigenvalue weighted by molar-refractivity contribution is 6.99. The van der Waals surface area contributed by atoms with Crippen LogP contribution in [0.4, 0.5) is 0 Å². The minimum absolute atomic E-state index is 0.00778. The fourth-order valence-electron chi connectivity index (χ4n) is 2.64. The van der Waals surface area contributed by atoms with Gasteiger partial charge >= 0.3 is 0 Å². The summed E-state index contributed by atoms with van der Waals surface area (Å²) in [5, 5.41) is 0. The molecular weight excluding hydrogens is 236 g/mol. The lowest BCUT2D eigenvalue weighted by Crippen LogP contribution is -2.44. The number of carbonyl (C=O) groups is 1. The Kier molecular flexibility index (Phi) is 4.06. The summed E-state index contributed by atoms with van der Waals surface area (Å²) in [5.74, 6) is 0.428. The minimum Gasteiger partial charge on any atom is -0.334 e. The largest absolute Gasteiger partial charge is 0.334 e. The number of hydrogen-bond acceptors (Lipinski definition) is 5. The van der Waals surface area contributed by atoms with Gasteiger partial charge in [-0.2, -0.15) is 8.75 Å². The van der Waals surface area contributed by atoms with Gasteiger partial charge in [-0.25, -0.2) is 0 Å². The molecule has 2 rings (SSSR count). The third kappa shape index (κ3) is 2.47. The number of amides is 1. The maximum absolute atomic E-state index is 12.3. The SMILES string of the molecule is CCN(C(=O)c1cnsn1)C1CCCC1CN. The van der Waals surface area contributed by atoms with Gasteiger partial charge in [0.25, 0.3) is 5.91 Å². The highest BCUT2D eigenvalue weighted by Gasteiger charge is 2.34. The zero-order valence-electron chi connectivity index (χ0n) is 10.0. The van der Waals surface area contributed by atoms with Crippen LogP contribution in [0.1, 0.15) is 36.7 Å². The van der Waals surface area contributed by atoms with Gasteiger partial charge in [-0.05, 0) is 32.2 Å². The summed E-state index contributed by atoms with van der Waals surface area (Å²) < 4.78 is 7.90. The van der Waals surface area contributed by atoms with Crippen molar-refractivity contribution in [3.05, 3.63) is 11.9 Å². The Balaban J connectivity index is 2.13. The van der Waals surface area contributed by atoms with Crippen molar-refractivity contribution < 1.29 is 4.79 Å². The lowest BCUT2D eigenvalue weighted by Gasteiger charge is -2.31. The van der Waals surface area contributed by atoms with E-state index < -0.39 is 0 Å². The molecule has 0 aliphatic heterocycles. The van der Waals surface area contributed by atoms with Gasteiger partial charge in [0, 0.05) is 12.6 Å². The molecule has 1 aliphatic rings. The summed E-state index contributed by atoms with van der Waals surface area (Å²) in [4.78, 5) is 14.2. The van der Waals surface area contributed by atoms with Gasteiger partial charge in [0.05, 0.1) is 17.9 Å². The lowest BCUT2D eigenvalue weighted by atomic mass is 10.0. The lowest BCUT2D eigenvalue weighted by molar-refractivity contribution is 0.0647. The first kappa shape index (κ1) is 12.4. The number of rotatable bonds is 4. The van der Waals surface area contributed by atoms with Crippen LogP contribution in [0.5, 0.6) is 0 Å². The van der Waals surface area contributed by atoms with Crippen molar-refractivity contribution in [1.29, 1.82) is 0 Å². The van der Waals surface area contributed by atoms with Gasteiger partial charge in [0.1, 0.15) is 0 Å². The fraction of sp³-hybridized carbons (Fsp3) is 0.727. The van der Waals surface area contributed by atoms with Gasteiger partial charge in [-0.3, -0.25) is 4.79 Å². The Hall–Kier alpha value is -1.01. The summed E-state index contributed by atoms with van der Waals surface area (Å²) >= 11 is 1.07. The molecule has 1 fully saturated rings. The zero-order chi connectivity index (χ0) is 12.3. The molecule has 2 N–H and O–H groups in total. The van der Waals surface area contributed by atoms with Gasteiger partial charge in [-0.15, -0.1) is 0 Å². The molecule has 1 aliphatic carbocycles. The summed E-state index contributed by atoms with van der Waals surface area (Å²) in [6.45, 7) is 3.37. The smallest absolute Gasteiger partial charge is 0.275 e. The molecule has 17 heavy (non-hydrogen) atoms. The van der Waals surface area contributed by atoms with Crippen LogP contribution in [-0.4, -0.2) is 38.7 Å². The Morgan fingerprint density at radius 1 is 1.65 bits per heavy atom. The number of carbonyl (C=O) groups excluding carboxylic acids is 1. The number of nitrogens with two attached hydrogens (primary N) is 1. The van der Waals surface area contributed by atoms with Crippen LogP contribution in [-0.2, 0) is 0 Å². The van der Waals surface area contributed by atoms with Crippen molar-refractivity contribution in [3.8, 4) is 0 Å². The summed E-state index contributed by atoms with van der Waals surface area (Å²) in [6.07, 6.45) is 4.88. The third-order valence-corrected chi connectivity index (χ3v) is 3.98. The van der Waals surface area contributed by atoms with Gasteiger partial charge in [-0.1, -0.05) is 6.42 Å². The van der Waals surface area contributed by atoms with Crippen LogP contribution in [0.25, 0.3) is 0 Å². The standard InChI is InChI=1S/C11H18N4OS/c1-2-15(10-5-3-4-8(10)6-12)11(16)9-7-13-17-14-9/h7-8,10H,2-6,12H2,1H3. The van der Waals surface area contributed by atoms with Crippen molar-refractivity contribution >= 4 is 17.6 Å². The van der Waals surface area contributed by atoms with E-state index in [1.165, 1.54) is 0 Å². The Bertz CT molecular complexity index is 368. The highest BCUT2D eigenvalue weighted by atomic mass is 32.1. The van der Waals surface area contributed by atoms with Crippen molar-refractivity contribution in [2.24, 2.45) is 11.7 Å². The van der Waals surface area contributed by atoms with E-state index in [4.69, 9.17) is 5.73 Å². The molecule has 1 saturated carbocycles. The van der Waals surface area contributed by atoms with E-state index >= 15 is 0 Å². The molecule has 0 spiro atoms. The van der Waals surface area contributed by atoms with E-state index in [9.17, 15) is 4.79 Å². The highest BCUT2D eigenvalue weighted by Crippen LogP contribution is 2.29. The third-order valence-electron chi connectivity index (χ3n) is 3.50. The van der Waals surface area contributed by atoms with Crippen molar-refractivity contribution in [1.82, 2.24) is 13.6 Å². The van der Waals surface area contributed by atoms with Gasteiger partial charge in [0.2, 0.25) is 0 Å². The van der Waals surface area contributed by atoms with Crippen LogP contribution in [0.3, 0.4) is 0 Å². The molecular formula is C11H18N4OS. The molecule has 1 amide bonds. The summed E-state index contributed by atoms with van der Waals surface area (Å²) in [5.41, 5.74) is 6.23. The van der Waals surface area contributed by atoms with E-state index in [0.717, 1.165) is 31.0 Å². The van der Waals surface area contributed by atoms with Gasteiger partial charge < -0.3 is 10.6 Å². The van der Waals surface area contributed by atoms with Crippen LogP contribution in [0, 0.1) is 5.92 Å². The van der Waals surface area contributed by atoms with E-state index in [1.807, 2.05) is 11.8 Å². The summed E-state index contributed by atoms with van der Waals surface area (Å²) in [7, 11) is 0. The van der Waals surface area contributed by atoms with Crippen molar-refractivity contribution in [2.45, 2.75) is 32.2 Å². The topological polar surface area (TPSA) is 72.1 Å². The molecule has 1 aromatic heterocycles. The van der Waals surface area contributed by atoms with Crippen molar-refractivity contribution in [2.75, 3.05) is 13.1 Å². The number of hydrogen-bond donors (Lipinski definition) is 1. The average molecular weight is 254 g/mol. The molecule has 0 bridgehead atoms. The maximum atomic E-state index is 12.3. The first-order chi connectivity index (χ1) is 8.27. The van der Waals surface area contributed by atoms with Gasteiger partial charge in [0.15, 0.2) is 5.69 Å². The predicted molar refractivity (Wildman–Crippen MR) is 66.8 cm³/mol. The molecule has 6 heteroatoms. The second-order valence-corrected chi connectivity index (χ2v) is 4.93. The molecule has 2 unspecified atom stereocenters. The number of nitrogens with zero attached hydrogens (tertiary/aromatic N) is 3. The molecule has 1 heterocycles. The fourth-order valence-corrected chi connectivity index (χ4v) is 3.04. The van der Waals surface area contributed by atoms with E-state index in [0.29, 0.717) is 24.7 Å². The minimum atomic E-state index is -0.00778. The second-order valence-electron chi connectivity index (χ2n) is 4.38. The molecule has 1 aromatic rings.